The van der Waals surface area contributed by atoms with E-state index in [4.69, 9.17) is 0 Å². The lowest BCUT2D eigenvalue weighted by molar-refractivity contribution is 0.0226. The van der Waals surface area contributed by atoms with Crippen LogP contribution in [-0.4, -0.2) is 71.8 Å². The molecule has 5 nitrogen and oxygen atoms in total. The fraction of sp³-hybridized carbons (Fsp3) is 0.310. The highest BCUT2D eigenvalue weighted by Gasteiger charge is 2.39. The van der Waals surface area contributed by atoms with Gasteiger partial charge in [-0.15, -0.1) is 0 Å². The van der Waals surface area contributed by atoms with Gasteiger partial charge in [-0.25, -0.2) is 0 Å². The summed E-state index contributed by atoms with van der Waals surface area (Å²) >= 11 is 0. The average Bonchev–Trinajstić information content (AvgIpc) is 3.35. The maximum Gasteiger partial charge on any atom is 0.253 e. The Hall–Kier alpha value is -3.44. The van der Waals surface area contributed by atoms with E-state index in [1.807, 2.05) is 58.3 Å². The second kappa shape index (κ2) is 9.82. The molecule has 174 valence electrons. The van der Waals surface area contributed by atoms with Crippen LogP contribution in [0.4, 0.5) is 0 Å². The zero-order valence-corrected chi connectivity index (χ0v) is 19.6. The van der Waals surface area contributed by atoms with Crippen molar-refractivity contribution in [1.29, 1.82) is 0 Å². The lowest BCUT2D eigenvalue weighted by atomic mass is 10.0. The standard InChI is InChI=1S/C29H31N3O2/c1-30(26-16-17-31(19-26)28(33)24-10-6-3-7-11-24)27-20-32(21-27)29(34)25-14-12-23(13-15-25)18-22-8-4-2-5-9-22/h2-15,26-27H,16-21H2,1H3/t26-/m0/s1. The van der Waals surface area contributed by atoms with E-state index in [2.05, 4.69) is 48.3 Å². The molecule has 2 saturated heterocycles. The summed E-state index contributed by atoms with van der Waals surface area (Å²) in [7, 11) is 2.13. The normalized spacial score (nSPS) is 18.2. The predicted octanol–water partition coefficient (Wildman–Crippen LogP) is 3.95. The molecule has 0 N–H and O–H groups in total. The van der Waals surface area contributed by atoms with Crippen molar-refractivity contribution in [1.82, 2.24) is 14.7 Å². The van der Waals surface area contributed by atoms with Crippen molar-refractivity contribution >= 4 is 11.8 Å². The van der Waals surface area contributed by atoms with Gasteiger partial charge in [0, 0.05) is 49.4 Å². The highest BCUT2D eigenvalue weighted by molar-refractivity contribution is 5.95. The molecule has 0 unspecified atom stereocenters. The third-order valence-corrected chi connectivity index (χ3v) is 7.22. The van der Waals surface area contributed by atoms with Crippen molar-refractivity contribution in [3.63, 3.8) is 0 Å². The number of hydrogen-bond donors (Lipinski definition) is 0. The van der Waals surface area contributed by atoms with Gasteiger partial charge in [-0.2, -0.15) is 0 Å². The van der Waals surface area contributed by atoms with Crippen LogP contribution >= 0.6 is 0 Å². The fourth-order valence-corrected chi connectivity index (χ4v) is 4.98. The molecule has 0 radical (unpaired) electrons. The summed E-state index contributed by atoms with van der Waals surface area (Å²) in [4.78, 5) is 31.9. The molecule has 2 amide bonds. The Balaban J connectivity index is 1.11. The molecule has 3 aromatic rings. The maximum atomic E-state index is 12.9. The Morgan fingerprint density at radius 2 is 1.24 bits per heavy atom. The van der Waals surface area contributed by atoms with Crippen molar-refractivity contribution in [2.24, 2.45) is 0 Å². The number of carbonyl (C=O) groups is 2. The van der Waals surface area contributed by atoms with Gasteiger partial charge in [0.05, 0.1) is 0 Å². The lowest BCUT2D eigenvalue weighted by Crippen LogP contribution is -2.62. The Bertz CT molecular complexity index is 1130. The Morgan fingerprint density at radius 1 is 0.706 bits per heavy atom. The highest BCUT2D eigenvalue weighted by atomic mass is 16.2. The molecular weight excluding hydrogens is 422 g/mol. The maximum absolute atomic E-state index is 12.9. The molecule has 0 saturated carbocycles. The number of carbonyl (C=O) groups excluding carboxylic acids is 2. The number of hydrogen-bond acceptors (Lipinski definition) is 3. The minimum absolute atomic E-state index is 0.100. The number of amides is 2. The van der Waals surface area contributed by atoms with Crippen molar-refractivity contribution in [3.8, 4) is 0 Å². The highest BCUT2D eigenvalue weighted by Crippen LogP contribution is 2.24. The van der Waals surface area contributed by atoms with Crippen molar-refractivity contribution in [2.75, 3.05) is 33.2 Å². The molecule has 34 heavy (non-hydrogen) atoms. The van der Waals surface area contributed by atoms with E-state index in [-0.39, 0.29) is 11.8 Å². The van der Waals surface area contributed by atoms with E-state index in [0.29, 0.717) is 12.1 Å². The van der Waals surface area contributed by atoms with Gasteiger partial charge in [-0.3, -0.25) is 14.5 Å². The first-order valence-corrected chi connectivity index (χ1v) is 12.1. The van der Waals surface area contributed by atoms with Gasteiger partial charge >= 0.3 is 0 Å². The van der Waals surface area contributed by atoms with E-state index in [1.54, 1.807) is 0 Å². The van der Waals surface area contributed by atoms with E-state index >= 15 is 0 Å². The van der Waals surface area contributed by atoms with Crippen LogP contribution in [0.5, 0.6) is 0 Å². The largest absolute Gasteiger partial charge is 0.337 e. The Morgan fingerprint density at radius 3 is 1.91 bits per heavy atom. The zero-order valence-electron chi connectivity index (χ0n) is 19.6. The Kier molecular flexibility index (Phi) is 6.45. The van der Waals surface area contributed by atoms with Crippen molar-refractivity contribution in [3.05, 3.63) is 107 Å². The topological polar surface area (TPSA) is 43.9 Å². The summed E-state index contributed by atoms with van der Waals surface area (Å²) in [6.45, 7) is 3.01. The van der Waals surface area contributed by atoms with E-state index in [0.717, 1.165) is 50.1 Å². The van der Waals surface area contributed by atoms with Gasteiger partial charge in [0.25, 0.3) is 11.8 Å². The summed E-state index contributed by atoms with van der Waals surface area (Å²) in [6, 6.07) is 28.6. The molecule has 1 atom stereocenters. The molecule has 5 rings (SSSR count). The summed E-state index contributed by atoms with van der Waals surface area (Å²) in [5, 5.41) is 0. The summed E-state index contributed by atoms with van der Waals surface area (Å²) in [5.41, 5.74) is 3.98. The summed E-state index contributed by atoms with van der Waals surface area (Å²) < 4.78 is 0. The first-order chi connectivity index (χ1) is 16.6. The molecule has 0 aliphatic carbocycles. The van der Waals surface area contributed by atoms with Gasteiger partial charge in [0.15, 0.2) is 0 Å². The van der Waals surface area contributed by atoms with Crippen LogP contribution in [0.1, 0.15) is 38.3 Å². The number of nitrogens with zero attached hydrogens (tertiary/aromatic N) is 3. The molecule has 5 heteroatoms. The number of rotatable bonds is 6. The third kappa shape index (κ3) is 4.75. The molecule has 0 aromatic heterocycles. The van der Waals surface area contributed by atoms with Gasteiger partial charge in [0.2, 0.25) is 0 Å². The molecule has 3 aromatic carbocycles. The SMILES string of the molecule is CN(C1CN(C(=O)c2ccc(Cc3ccccc3)cc2)C1)[C@H]1CCN(C(=O)c2ccccc2)C1. The summed E-state index contributed by atoms with van der Waals surface area (Å²) in [6.07, 6.45) is 1.85. The van der Waals surface area contributed by atoms with E-state index in [9.17, 15) is 9.59 Å². The average molecular weight is 454 g/mol. The van der Waals surface area contributed by atoms with Crippen LogP contribution in [0.15, 0.2) is 84.9 Å². The van der Waals surface area contributed by atoms with Crippen LogP contribution in [-0.2, 0) is 6.42 Å². The van der Waals surface area contributed by atoms with Gasteiger partial charge < -0.3 is 9.80 Å². The molecule has 2 aliphatic heterocycles. The van der Waals surface area contributed by atoms with Gasteiger partial charge in [-0.05, 0) is 55.3 Å². The smallest absolute Gasteiger partial charge is 0.253 e. The zero-order chi connectivity index (χ0) is 23.5. The molecule has 2 aliphatic rings. The molecule has 2 heterocycles. The first kappa shape index (κ1) is 22.4. The number of likely N-dealkylation sites (N-methyl/N-ethyl adjacent to an activating group) is 1. The summed E-state index contributed by atoms with van der Waals surface area (Å²) in [5.74, 6) is 0.209. The van der Waals surface area contributed by atoms with E-state index < -0.39 is 0 Å². The Labute approximate surface area is 201 Å². The van der Waals surface area contributed by atoms with Crippen LogP contribution in [0.25, 0.3) is 0 Å². The first-order valence-electron chi connectivity index (χ1n) is 12.1. The minimum Gasteiger partial charge on any atom is -0.337 e. The second-order valence-electron chi connectivity index (χ2n) is 9.45. The monoisotopic (exact) mass is 453 g/mol. The van der Waals surface area contributed by atoms with Crippen LogP contribution in [0.3, 0.4) is 0 Å². The predicted molar refractivity (Wildman–Crippen MR) is 134 cm³/mol. The van der Waals surface area contributed by atoms with Gasteiger partial charge in [0.1, 0.15) is 0 Å². The minimum atomic E-state index is 0.100. The second-order valence-corrected chi connectivity index (χ2v) is 9.45. The van der Waals surface area contributed by atoms with Crippen molar-refractivity contribution < 1.29 is 9.59 Å². The fourth-order valence-electron chi connectivity index (χ4n) is 4.98. The van der Waals surface area contributed by atoms with Gasteiger partial charge in [-0.1, -0.05) is 60.7 Å². The lowest BCUT2D eigenvalue weighted by Gasteiger charge is -2.46. The molecule has 0 spiro atoms. The third-order valence-electron chi connectivity index (χ3n) is 7.22. The van der Waals surface area contributed by atoms with Crippen LogP contribution < -0.4 is 0 Å². The van der Waals surface area contributed by atoms with E-state index in [1.165, 1.54) is 11.1 Å². The molecule has 2 fully saturated rings. The van der Waals surface area contributed by atoms with Crippen LogP contribution in [0.2, 0.25) is 0 Å². The number of benzene rings is 3. The number of likely N-dealkylation sites (tertiary alicyclic amines) is 2. The molecular formula is C29H31N3O2. The van der Waals surface area contributed by atoms with Crippen LogP contribution in [0, 0.1) is 0 Å². The van der Waals surface area contributed by atoms with Crippen molar-refractivity contribution in [2.45, 2.75) is 24.9 Å². The quantitative estimate of drug-likeness (QED) is 0.568. The molecule has 0 bridgehead atoms.